The summed E-state index contributed by atoms with van der Waals surface area (Å²) in [6.45, 7) is 1.52. The van der Waals surface area contributed by atoms with Gasteiger partial charge in [-0.1, -0.05) is 23.3 Å². The zero-order valence-electron chi connectivity index (χ0n) is 23.6. The van der Waals surface area contributed by atoms with E-state index in [1.165, 1.54) is 39.3 Å². The minimum Gasteiger partial charge on any atom is -0.508 e. The predicted octanol–water partition coefficient (Wildman–Crippen LogP) is 4.95. The number of hydrogen-bond donors (Lipinski definition) is 1. The van der Waals surface area contributed by atoms with Gasteiger partial charge in [-0.25, -0.2) is 4.98 Å². The first-order chi connectivity index (χ1) is 20.7. The van der Waals surface area contributed by atoms with Gasteiger partial charge in [0.2, 0.25) is 0 Å². The van der Waals surface area contributed by atoms with Gasteiger partial charge in [-0.3, -0.25) is 24.2 Å². The number of anilines is 1. The Hall–Kier alpha value is -4.45. The summed E-state index contributed by atoms with van der Waals surface area (Å²) in [6.07, 6.45) is -1.72. The zero-order valence-corrected chi connectivity index (χ0v) is 24.4. The fraction of sp³-hybridized carbons (Fsp3) is 0.323. The van der Waals surface area contributed by atoms with Gasteiger partial charge in [-0.15, -0.1) is 0 Å². The van der Waals surface area contributed by atoms with Gasteiger partial charge in [0, 0.05) is 35.2 Å². The zero-order chi connectivity index (χ0) is 31.8. The standard InChI is InChI=1S/C31H25ClF3N3O6/c1-13-10-22(40)26-19(27(13)41)12-17-15(24(26)18-11-14(44-3)4-8-21(18)39)5-6-16-25(17)30(43)38(29(16)42)37(2)28-20(32)7-9-23(36-28)31(33,34)35/h4-5,7-11,16-17,24-25,39H,6,12H2,1-3H3. The Morgan fingerprint density at radius 3 is 2.50 bits per heavy atom. The van der Waals surface area contributed by atoms with Gasteiger partial charge < -0.3 is 9.84 Å². The highest BCUT2D eigenvalue weighted by molar-refractivity contribution is 6.33. The Balaban J connectivity index is 1.45. The SMILES string of the molecule is COc1ccc(O)c(C2C3=CCC4C(=O)N(N(C)c5nc(C(F)(F)F)ccc5Cl)C(=O)C4C3CC3=C2C(=O)C=C(C)C3=O)c1. The Morgan fingerprint density at radius 2 is 1.82 bits per heavy atom. The normalized spacial score (nSPS) is 24.9. The quantitative estimate of drug-likeness (QED) is 0.288. The van der Waals surface area contributed by atoms with Gasteiger partial charge in [0.15, 0.2) is 17.4 Å². The van der Waals surface area contributed by atoms with Gasteiger partial charge in [-0.2, -0.15) is 18.2 Å². The van der Waals surface area contributed by atoms with Gasteiger partial charge in [-0.05, 0) is 62.1 Å². The van der Waals surface area contributed by atoms with Crippen LogP contribution >= 0.6 is 11.6 Å². The first-order valence-electron chi connectivity index (χ1n) is 13.7. The van der Waals surface area contributed by atoms with Gasteiger partial charge >= 0.3 is 6.18 Å². The van der Waals surface area contributed by atoms with Crippen molar-refractivity contribution in [1.29, 1.82) is 0 Å². The highest BCUT2D eigenvalue weighted by Gasteiger charge is 2.58. The average molecular weight is 628 g/mol. The van der Waals surface area contributed by atoms with Crippen LogP contribution in [0, 0.1) is 17.8 Å². The molecule has 228 valence electrons. The van der Waals surface area contributed by atoms with E-state index >= 15 is 0 Å². The van der Waals surface area contributed by atoms with Crippen molar-refractivity contribution >= 4 is 40.8 Å². The van der Waals surface area contributed by atoms with E-state index in [1.54, 1.807) is 12.1 Å². The molecule has 1 fully saturated rings. The van der Waals surface area contributed by atoms with E-state index in [9.17, 15) is 37.5 Å². The van der Waals surface area contributed by atoms with Crippen LogP contribution in [-0.2, 0) is 25.4 Å². The Labute approximate surface area is 254 Å². The number of rotatable bonds is 4. The summed E-state index contributed by atoms with van der Waals surface area (Å²) in [7, 11) is 2.67. The summed E-state index contributed by atoms with van der Waals surface area (Å²) in [6, 6.07) is 6.20. The molecule has 4 aliphatic rings. The number of hydrazine groups is 1. The number of carbonyl (C=O) groups is 4. The number of Topliss-reactive ketones (excluding diaryl/α,β-unsaturated/α-hetero) is 1. The third-order valence-electron chi connectivity index (χ3n) is 8.81. The summed E-state index contributed by atoms with van der Waals surface area (Å²) in [5.74, 6) is -5.86. The molecule has 1 N–H and O–H groups in total. The van der Waals surface area contributed by atoms with Crippen LogP contribution < -0.4 is 9.75 Å². The number of nitrogens with zero attached hydrogens (tertiary/aromatic N) is 3. The number of ether oxygens (including phenoxy) is 1. The maximum absolute atomic E-state index is 14.1. The molecule has 44 heavy (non-hydrogen) atoms. The molecule has 0 radical (unpaired) electrons. The molecule has 3 aliphatic carbocycles. The van der Waals surface area contributed by atoms with E-state index < -0.39 is 59.0 Å². The molecule has 1 aromatic carbocycles. The molecule has 4 unspecified atom stereocenters. The van der Waals surface area contributed by atoms with Crippen molar-refractivity contribution in [2.24, 2.45) is 17.8 Å². The number of hydrogen-bond acceptors (Lipinski definition) is 8. The number of amides is 2. The summed E-state index contributed by atoms with van der Waals surface area (Å²) >= 11 is 6.18. The Bertz CT molecular complexity index is 1760. The molecule has 2 aromatic rings. The van der Waals surface area contributed by atoms with Crippen molar-refractivity contribution in [2.75, 3.05) is 19.2 Å². The number of alkyl halides is 3. The smallest absolute Gasteiger partial charge is 0.433 e. The molecule has 0 saturated carbocycles. The first-order valence-corrected chi connectivity index (χ1v) is 14.0. The van der Waals surface area contributed by atoms with E-state index in [4.69, 9.17) is 16.3 Å². The number of phenolic OH excluding ortho intramolecular Hbond substituents is 1. The van der Waals surface area contributed by atoms with Crippen molar-refractivity contribution in [3.05, 3.63) is 81.1 Å². The summed E-state index contributed by atoms with van der Waals surface area (Å²) in [5, 5.41) is 12.4. The third kappa shape index (κ3) is 4.42. The molecular formula is C31H25ClF3N3O6. The molecular weight excluding hydrogens is 603 g/mol. The van der Waals surface area contributed by atoms with Crippen molar-refractivity contribution in [1.82, 2.24) is 9.99 Å². The van der Waals surface area contributed by atoms with Gasteiger partial charge in [0.25, 0.3) is 11.8 Å². The van der Waals surface area contributed by atoms with Crippen LogP contribution in [0.1, 0.15) is 36.9 Å². The van der Waals surface area contributed by atoms with Crippen molar-refractivity contribution in [3.63, 3.8) is 0 Å². The molecule has 1 aliphatic heterocycles. The van der Waals surface area contributed by atoms with Crippen LogP contribution in [0.5, 0.6) is 11.5 Å². The molecule has 2 heterocycles. The van der Waals surface area contributed by atoms with Crippen LogP contribution in [0.2, 0.25) is 5.02 Å². The van der Waals surface area contributed by atoms with Crippen LogP contribution in [0.3, 0.4) is 0 Å². The van der Waals surface area contributed by atoms with Crippen LogP contribution in [0.4, 0.5) is 19.0 Å². The topological polar surface area (TPSA) is 117 Å². The van der Waals surface area contributed by atoms with Gasteiger partial charge in [0.1, 0.15) is 17.2 Å². The Kier molecular flexibility index (Phi) is 6.95. The maximum atomic E-state index is 14.1. The third-order valence-corrected chi connectivity index (χ3v) is 9.10. The van der Waals surface area contributed by atoms with E-state index in [2.05, 4.69) is 4.98 Å². The minimum atomic E-state index is -4.79. The number of phenols is 1. The number of carbonyl (C=O) groups excluding carboxylic acids is 4. The number of fused-ring (bicyclic) bond motifs is 3. The predicted molar refractivity (Wildman–Crippen MR) is 150 cm³/mol. The molecule has 6 rings (SSSR count). The Morgan fingerprint density at radius 1 is 1.09 bits per heavy atom. The fourth-order valence-corrected chi connectivity index (χ4v) is 7.05. The second kappa shape index (κ2) is 10.3. The lowest BCUT2D eigenvalue weighted by atomic mass is 9.59. The lowest BCUT2D eigenvalue weighted by Crippen LogP contribution is -2.46. The highest BCUT2D eigenvalue weighted by Crippen LogP contribution is 2.56. The monoisotopic (exact) mass is 627 g/mol. The van der Waals surface area contributed by atoms with E-state index in [0.717, 1.165) is 16.1 Å². The largest absolute Gasteiger partial charge is 0.508 e. The number of ketones is 2. The molecule has 2 amide bonds. The molecule has 13 heteroatoms. The summed E-state index contributed by atoms with van der Waals surface area (Å²) < 4.78 is 45.6. The van der Waals surface area contributed by atoms with Crippen molar-refractivity contribution in [3.8, 4) is 11.5 Å². The molecule has 0 bridgehead atoms. The number of halogens is 4. The molecule has 0 spiro atoms. The first kappa shape index (κ1) is 29.6. The molecule has 9 nitrogen and oxygen atoms in total. The van der Waals surface area contributed by atoms with E-state index in [-0.39, 0.29) is 46.1 Å². The van der Waals surface area contributed by atoms with Crippen molar-refractivity contribution < 1.29 is 42.2 Å². The van der Waals surface area contributed by atoms with Crippen molar-refractivity contribution in [2.45, 2.75) is 31.9 Å². The minimum absolute atomic E-state index is 0.0154. The summed E-state index contributed by atoms with van der Waals surface area (Å²) in [4.78, 5) is 58.3. The van der Waals surface area contributed by atoms with E-state index in [1.807, 2.05) is 0 Å². The number of pyridine rings is 1. The number of benzene rings is 1. The lowest BCUT2D eigenvalue weighted by Gasteiger charge is -2.42. The maximum Gasteiger partial charge on any atom is 0.433 e. The molecule has 4 atom stereocenters. The summed E-state index contributed by atoms with van der Waals surface area (Å²) in [5.41, 5.74) is 0.244. The molecule has 1 aromatic heterocycles. The number of imide groups is 1. The number of allylic oxidation sites excluding steroid dienone is 6. The van der Waals surface area contributed by atoms with Crippen LogP contribution in [0.25, 0.3) is 0 Å². The second-order valence-corrected chi connectivity index (χ2v) is 11.6. The van der Waals surface area contributed by atoms with Crippen LogP contribution in [0.15, 0.2) is 64.8 Å². The fourth-order valence-electron chi connectivity index (χ4n) is 6.82. The van der Waals surface area contributed by atoms with E-state index in [0.29, 0.717) is 23.0 Å². The van der Waals surface area contributed by atoms with Gasteiger partial charge in [0.05, 0.1) is 24.0 Å². The number of aromatic nitrogens is 1. The molecule has 1 saturated heterocycles. The average Bonchev–Trinajstić information content (AvgIpc) is 3.24. The number of methoxy groups -OCH3 is 1. The lowest BCUT2D eigenvalue weighted by molar-refractivity contribution is -0.141. The van der Waals surface area contributed by atoms with Crippen LogP contribution in [-0.4, -0.2) is 52.6 Å². The second-order valence-electron chi connectivity index (χ2n) is 11.2. The number of aromatic hydroxyl groups is 1. The highest BCUT2D eigenvalue weighted by atomic mass is 35.5.